The van der Waals surface area contributed by atoms with Crippen LogP contribution in [-0.2, 0) is 4.74 Å². The molecule has 0 unspecified atom stereocenters. The van der Waals surface area contributed by atoms with Gasteiger partial charge in [0.2, 0.25) is 0 Å². The fourth-order valence-corrected chi connectivity index (χ4v) is 2.35. The van der Waals surface area contributed by atoms with E-state index in [0.29, 0.717) is 8.04 Å². The van der Waals surface area contributed by atoms with E-state index in [1.165, 1.54) is 6.07 Å². The highest BCUT2D eigenvalue weighted by Crippen LogP contribution is 2.22. The Kier molecular flexibility index (Phi) is 4.31. The Morgan fingerprint density at radius 1 is 1.64 bits per heavy atom. The van der Waals surface area contributed by atoms with Crippen LogP contribution in [0.4, 0.5) is 4.39 Å². The molecule has 1 rings (SSSR count). The van der Waals surface area contributed by atoms with Crippen molar-refractivity contribution < 1.29 is 13.9 Å². The molecule has 2 nitrogen and oxygen atoms in total. The standard InChI is InChI=1S/C9H7BrFIO2/c1-2-14-9(13)5-3-7(11)6(10)4-8(5)12/h3-4H,2H2,1H3. The van der Waals surface area contributed by atoms with Crippen molar-refractivity contribution in [2.24, 2.45) is 0 Å². The molecule has 0 atom stereocenters. The lowest BCUT2D eigenvalue weighted by Crippen LogP contribution is -2.07. The van der Waals surface area contributed by atoms with Gasteiger partial charge in [0, 0.05) is 3.57 Å². The van der Waals surface area contributed by atoms with Gasteiger partial charge < -0.3 is 4.74 Å². The molecule has 0 fully saturated rings. The van der Waals surface area contributed by atoms with E-state index in [0.717, 1.165) is 0 Å². The van der Waals surface area contributed by atoms with Crippen LogP contribution in [0.25, 0.3) is 0 Å². The van der Waals surface area contributed by atoms with Crippen LogP contribution >= 0.6 is 38.5 Å². The van der Waals surface area contributed by atoms with Crippen LogP contribution in [0.5, 0.6) is 0 Å². The first kappa shape index (κ1) is 11.9. The molecule has 0 radical (unpaired) electrons. The molecule has 0 aliphatic rings. The van der Waals surface area contributed by atoms with Gasteiger partial charge in [0.1, 0.15) is 5.82 Å². The van der Waals surface area contributed by atoms with E-state index >= 15 is 0 Å². The van der Waals surface area contributed by atoms with Gasteiger partial charge in [-0.15, -0.1) is 0 Å². The largest absolute Gasteiger partial charge is 0.462 e. The van der Waals surface area contributed by atoms with Crippen molar-refractivity contribution in [2.45, 2.75) is 6.92 Å². The van der Waals surface area contributed by atoms with E-state index < -0.39 is 11.8 Å². The van der Waals surface area contributed by atoms with E-state index in [1.807, 2.05) is 22.6 Å². The Bertz CT molecular complexity index is 368. The topological polar surface area (TPSA) is 26.3 Å². The highest BCUT2D eigenvalue weighted by atomic mass is 127. The summed E-state index contributed by atoms with van der Waals surface area (Å²) in [5.41, 5.74) is 0.258. The van der Waals surface area contributed by atoms with Crippen molar-refractivity contribution in [2.75, 3.05) is 6.61 Å². The molecule has 0 amide bonds. The predicted molar refractivity (Wildman–Crippen MR) is 62.8 cm³/mol. The van der Waals surface area contributed by atoms with E-state index in [2.05, 4.69) is 15.9 Å². The molecule has 14 heavy (non-hydrogen) atoms. The minimum absolute atomic E-state index is 0.258. The molecule has 5 heteroatoms. The number of hydrogen-bond donors (Lipinski definition) is 0. The summed E-state index contributed by atoms with van der Waals surface area (Å²) in [6, 6.07) is 2.71. The summed E-state index contributed by atoms with van der Waals surface area (Å²) in [5, 5.41) is 0. The highest BCUT2D eigenvalue weighted by Gasteiger charge is 2.14. The number of hydrogen-bond acceptors (Lipinski definition) is 2. The molecule has 0 aromatic heterocycles. The van der Waals surface area contributed by atoms with Crippen molar-refractivity contribution in [1.82, 2.24) is 0 Å². The van der Waals surface area contributed by atoms with Gasteiger partial charge in [-0.3, -0.25) is 0 Å². The Morgan fingerprint density at radius 2 is 2.29 bits per heavy atom. The number of esters is 1. The first-order chi connectivity index (χ1) is 6.56. The SMILES string of the molecule is CCOC(=O)c1cc(F)c(Br)cc1I. The Labute approximate surface area is 103 Å². The predicted octanol–water partition coefficient (Wildman–Crippen LogP) is 3.37. The minimum Gasteiger partial charge on any atom is -0.462 e. The van der Waals surface area contributed by atoms with Crippen molar-refractivity contribution in [1.29, 1.82) is 0 Å². The third kappa shape index (κ3) is 2.66. The van der Waals surface area contributed by atoms with Crippen LogP contribution in [0.3, 0.4) is 0 Å². The van der Waals surface area contributed by atoms with Crippen LogP contribution in [0.2, 0.25) is 0 Å². The van der Waals surface area contributed by atoms with Crippen molar-refractivity contribution in [3.8, 4) is 0 Å². The molecule has 76 valence electrons. The quantitative estimate of drug-likeness (QED) is 0.452. The smallest absolute Gasteiger partial charge is 0.339 e. The van der Waals surface area contributed by atoms with Crippen LogP contribution < -0.4 is 0 Å². The van der Waals surface area contributed by atoms with Gasteiger partial charge in [-0.05, 0) is 57.6 Å². The summed E-state index contributed by atoms with van der Waals surface area (Å²) in [6.07, 6.45) is 0. The Balaban J connectivity index is 3.09. The number of ether oxygens (including phenoxy) is 1. The fraction of sp³-hybridized carbons (Fsp3) is 0.222. The minimum atomic E-state index is -0.497. The zero-order chi connectivity index (χ0) is 10.7. The number of halogens is 3. The van der Waals surface area contributed by atoms with E-state index in [4.69, 9.17) is 4.74 Å². The average Bonchev–Trinajstić information content (AvgIpc) is 2.11. The van der Waals surface area contributed by atoms with Crippen LogP contribution in [0, 0.1) is 9.39 Å². The van der Waals surface area contributed by atoms with E-state index in [-0.39, 0.29) is 12.2 Å². The normalized spacial score (nSPS) is 10.0. The highest BCUT2D eigenvalue weighted by molar-refractivity contribution is 14.1. The molecule has 0 saturated carbocycles. The third-order valence-corrected chi connectivity index (χ3v) is 3.01. The number of benzene rings is 1. The zero-order valence-electron chi connectivity index (χ0n) is 7.31. The van der Waals surface area contributed by atoms with E-state index in [9.17, 15) is 9.18 Å². The van der Waals surface area contributed by atoms with E-state index in [1.54, 1.807) is 13.0 Å². The Hall–Kier alpha value is -0.170. The third-order valence-electron chi connectivity index (χ3n) is 1.51. The lowest BCUT2D eigenvalue weighted by atomic mass is 10.2. The summed E-state index contributed by atoms with van der Waals surface area (Å²) < 4.78 is 18.9. The molecule has 0 aliphatic heterocycles. The molecule has 0 aliphatic carbocycles. The number of carbonyl (C=O) groups excluding carboxylic acids is 1. The molecule has 0 N–H and O–H groups in total. The average molecular weight is 373 g/mol. The van der Waals surface area contributed by atoms with Gasteiger partial charge in [-0.25, -0.2) is 9.18 Å². The monoisotopic (exact) mass is 372 g/mol. The first-order valence-corrected chi connectivity index (χ1v) is 5.75. The summed E-state index contributed by atoms with van der Waals surface area (Å²) in [5.74, 6) is -0.961. The maximum atomic E-state index is 13.1. The van der Waals surface area contributed by atoms with Crippen molar-refractivity contribution in [3.05, 3.63) is 31.6 Å². The maximum absolute atomic E-state index is 13.1. The maximum Gasteiger partial charge on any atom is 0.339 e. The number of carbonyl (C=O) groups is 1. The van der Waals surface area contributed by atoms with Gasteiger partial charge in [0.05, 0.1) is 16.6 Å². The van der Waals surface area contributed by atoms with Gasteiger partial charge in [0.25, 0.3) is 0 Å². The molecule has 1 aromatic carbocycles. The number of rotatable bonds is 2. The van der Waals surface area contributed by atoms with Crippen molar-refractivity contribution in [3.63, 3.8) is 0 Å². The van der Waals surface area contributed by atoms with Crippen LogP contribution in [0.15, 0.2) is 16.6 Å². The lowest BCUT2D eigenvalue weighted by molar-refractivity contribution is 0.0524. The molecule has 0 spiro atoms. The lowest BCUT2D eigenvalue weighted by Gasteiger charge is -2.05. The molecule has 1 aromatic rings. The summed E-state index contributed by atoms with van der Waals surface area (Å²) in [4.78, 5) is 11.3. The Morgan fingerprint density at radius 3 is 2.86 bits per heavy atom. The second-order valence-electron chi connectivity index (χ2n) is 2.47. The molecular formula is C9H7BrFIO2. The molecule has 0 bridgehead atoms. The molecule has 0 heterocycles. The fourth-order valence-electron chi connectivity index (χ4n) is 0.888. The summed E-state index contributed by atoms with van der Waals surface area (Å²) in [7, 11) is 0. The first-order valence-electron chi connectivity index (χ1n) is 3.88. The summed E-state index contributed by atoms with van der Waals surface area (Å²) in [6.45, 7) is 1.99. The van der Waals surface area contributed by atoms with Crippen LogP contribution in [-0.4, -0.2) is 12.6 Å². The zero-order valence-corrected chi connectivity index (χ0v) is 11.1. The van der Waals surface area contributed by atoms with Gasteiger partial charge in [-0.2, -0.15) is 0 Å². The molecule has 0 saturated heterocycles. The van der Waals surface area contributed by atoms with Gasteiger partial charge >= 0.3 is 5.97 Å². The summed E-state index contributed by atoms with van der Waals surface area (Å²) >= 11 is 5.00. The second-order valence-corrected chi connectivity index (χ2v) is 4.48. The molecular weight excluding hydrogens is 366 g/mol. The second kappa shape index (κ2) is 5.06. The van der Waals surface area contributed by atoms with Gasteiger partial charge in [0.15, 0.2) is 0 Å². The van der Waals surface area contributed by atoms with Crippen LogP contribution in [0.1, 0.15) is 17.3 Å². The van der Waals surface area contributed by atoms with Crippen molar-refractivity contribution >= 4 is 44.5 Å². The van der Waals surface area contributed by atoms with Gasteiger partial charge in [-0.1, -0.05) is 0 Å².